The molecule has 0 spiro atoms. The maximum Gasteiger partial charge on any atom is 0.262 e. The third-order valence-electron chi connectivity index (χ3n) is 3.49. The number of amides is 2. The van der Waals surface area contributed by atoms with Crippen molar-refractivity contribution in [1.82, 2.24) is 0 Å². The minimum Gasteiger partial charge on any atom is -0.483 e. The lowest BCUT2D eigenvalue weighted by Crippen LogP contribution is -2.20. The fourth-order valence-corrected chi connectivity index (χ4v) is 2.89. The highest BCUT2D eigenvalue weighted by atomic mass is 79.9. The van der Waals surface area contributed by atoms with E-state index in [4.69, 9.17) is 4.74 Å². The first kappa shape index (κ1) is 20.0. The van der Waals surface area contributed by atoms with Crippen LogP contribution in [0.15, 0.2) is 46.9 Å². The van der Waals surface area contributed by atoms with E-state index in [1.54, 1.807) is 24.3 Å². The molecule has 0 radical (unpaired) electrons. The average Bonchev–Trinajstić information content (AvgIpc) is 2.55. The van der Waals surface area contributed by atoms with Gasteiger partial charge in [-0.1, -0.05) is 19.9 Å². The summed E-state index contributed by atoms with van der Waals surface area (Å²) in [6.45, 7) is 5.88. The van der Waals surface area contributed by atoms with Gasteiger partial charge in [0.15, 0.2) is 6.61 Å². The van der Waals surface area contributed by atoms with E-state index in [0.717, 1.165) is 10.0 Å². The number of aryl methyl sites for hydroxylation is 1. The second kappa shape index (κ2) is 9.38. The van der Waals surface area contributed by atoms with Gasteiger partial charge in [0.05, 0.1) is 4.47 Å². The molecule has 2 aromatic carbocycles. The van der Waals surface area contributed by atoms with E-state index in [-0.39, 0.29) is 18.4 Å². The summed E-state index contributed by atoms with van der Waals surface area (Å²) in [5, 5.41) is 5.59. The standard InChI is InChI=1S/C20H23BrN2O3/c1-13(2)10-19(24)22-15-5-7-16(8-6-15)23-20(25)12-26-18-9-4-14(3)11-17(18)21/h4-9,11,13H,10,12H2,1-3H3,(H,22,24)(H,23,25). The number of hydrogen-bond donors (Lipinski definition) is 2. The summed E-state index contributed by atoms with van der Waals surface area (Å²) >= 11 is 3.42. The summed E-state index contributed by atoms with van der Waals surface area (Å²) in [6.07, 6.45) is 0.477. The molecule has 138 valence electrons. The number of benzene rings is 2. The minimum absolute atomic E-state index is 0.0196. The molecule has 0 aromatic heterocycles. The summed E-state index contributed by atoms with van der Waals surface area (Å²) < 4.78 is 6.33. The Hall–Kier alpha value is -2.34. The van der Waals surface area contributed by atoms with Gasteiger partial charge in [-0.3, -0.25) is 9.59 Å². The van der Waals surface area contributed by atoms with Crippen LogP contribution in [0, 0.1) is 12.8 Å². The van der Waals surface area contributed by atoms with E-state index in [1.165, 1.54) is 0 Å². The summed E-state index contributed by atoms with van der Waals surface area (Å²) in [7, 11) is 0. The Labute approximate surface area is 162 Å². The molecule has 0 fully saturated rings. The summed E-state index contributed by atoms with van der Waals surface area (Å²) in [4.78, 5) is 23.8. The van der Waals surface area contributed by atoms with Gasteiger partial charge in [-0.2, -0.15) is 0 Å². The fourth-order valence-electron chi connectivity index (χ4n) is 2.28. The van der Waals surface area contributed by atoms with Crippen LogP contribution in [0.2, 0.25) is 0 Å². The van der Waals surface area contributed by atoms with Crippen molar-refractivity contribution in [1.29, 1.82) is 0 Å². The van der Waals surface area contributed by atoms with Crippen LogP contribution in [0.1, 0.15) is 25.8 Å². The van der Waals surface area contributed by atoms with E-state index >= 15 is 0 Å². The van der Waals surface area contributed by atoms with Crippen LogP contribution in [0.5, 0.6) is 5.75 Å². The zero-order valence-corrected chi connectivity index (χ0v) is 16.7. The van der Waals surface area contributed by atoms with Gasteiger partial charge in [0.1, 0.15) is 5.75 Å². The van der Waals surface area contributed by atoms with Crippen molar-refractivity contribution in [2.24, 2.45) is 5.92 Å². The third-order valence-corrected chi connectivity index (χ3v) is 4.11. The molecule has 0 heterocycles. The molecule has 5 nitrogen and oxygen atoms in total. The normalized spacial score (nSPS) is 10.5. The summed E-state index contributed by atoms with van der Waals surface area (Å²) in [5.74, 6) is 0.652. The van der Waals surface area contributed by atoms with E-state index < -0.39 is 0 Å². The lowest BCUT2D eigenvalue weighted by Gasteiger charge is -2.10. The Balaban J connectivity index is 1.84. The Morgan fingerprint density at radius 3 is 2.12 bits per heavy atom. The first-order valence-corrected chi connectivity index (χ1v) is 9.21. The highest BCUT2D eigenvalue weighted by Gasteiger charge is 2.08. The molecule has 2 amide bonds. The number of anilines is 2. The van der Waals surface area contributed by atoms with E-state index in [2.05, 4.69) is 26.6 Å². The van der Waals surface area contributed by atoms with Gasteiger partial charge in [-0.05, 0) is 70.7 Å². The molecular weight excluding hydrogens is 396 g/mol. The number of rotatable bonds is 7. The van der Waals surface area contributed by atoms with Crippen LogP contribution >= 0.6 is 15.9 Å². The van der Waals surface area contributed by atoms with E-state index in [0.29, 0.717) is 29.5 Å². The molecule has 0 saturated carbocycles. The van der Waals surface area contributed by atoms with Gasteiger partial charge in [0.25, 0.3) is 5.91 Å². The monoisotopic (exact) mass is 418 g/mol. The predicted molar refractivity (Wildman–Crippen MR) is 108 cm³/mol. The number of carbonyl (C=O) groups excluding carboxylic acids is 2. The maximum absolute atomic E-state index is 12.0. The first-order valence-electron chi connectivity index (χ1n) is 8.42. The molecule has 6 heteroatoms. The van der Waals surface area contributed by atoms with Crippen molar-refractivity contribution >= 4 is 39.1 Å². The van der Waals surface area contributed by atoms with Crippen LogP contribution in [0.25, 0.3) is 0 Å². The fraction of sp³-hybridized carbons (Fsp3) is 0.300. The smallest absolute Gasteiger partial charge is 0.262 e. The molecule has 2 rings (SSSR count). The Morgan fingerprint density at radius 1 is 1.00 bits per heavy atom. The van der Waals surface area contributed by atoms with Crippen molar-refractivity contribution in [3.8, 4) is 5.75 Å². The zero-order valence-electron chi connectivity index (χ0n) is 15.1. The Bertz CT molecular complexity index is 773. The lowest BCUT2D eigenvalue weighted by atomic mass is 10.1. The average molecular weight is 419 g/mol. The van der Waals surface area contributed by atoms with E-state index in [1.807, 2.05) is 39.0 Å². The van der Waals surface area contributed by atoms with Crippen molar-refractivity contribution < 1.29 is 14.3 Å². The van der Waals surface area contributed by atoms with E-state index in [9.17, 15) is 9.59 Å². The van der Waals surface area contributed by atoms with Crippen molar-refractivity contribution in [2.45, 2.75) is 27.2 Å². The second-order valence-corrected chi connectivity index (χ2v) is 7.35. The highest BCUT2D eigenvalue weighted by Crippen LogP contribution is 2.25. The van der Waals surface area contributed by atoms with Crippen molar-refractivity contribution in [3.63, 3.8) is 0 Å². The Kier molecular flexibility index (Phi) is 7.21. The Morgan fingerprint density at radius 2 is 1.58 bits per heavy atom. The van der Waals surface area contributed by atoms with Crippen molar-refractivity contribution in [3.05, 3.63) is 52.5 Å². The van der Waals surface area contributed by atoms with Gasteiger partial charge in [0.2, 0.25) is 5.91 Å². The van der Waals surface area contributed by atoms with Gasteiger partial charge < -0.3 is 15.4 Å². The molecule has 26 heavy (non-hydrogen) atoms. The molecule has 0 unspecified atom stereocenters. The van der Waals surface area contributed by atoms with Crippen molar-refractivity contribution in [2.75, 3.05) is 17.2 Å². The number of nitrogens with one attached hydrogen (secondary N) is 2. The van der Waals surface area contributed by atoms with Crippen LogP contribution in [-0.2, 0) is 9.59 Å². The number of halogens is 1. The van der Waals surface area contributed by atoms with Crippen LogP contribution in [-0.4, -0.2) is 18.4 Å². The SMILES string of the molecule is Cc1ccc(OCC(=O)Nc2ccc(NC(=O)CC(C)C)cc2)c(Br)c1. The maximum atomic E-state index is 12.0. The number of carbonyl (C=O) groups is 2. The zero-order chi connectivity index (χ0) is 19.1. The number of hydrogen-bond acceptors (Lipinski definition) is 3. The molecular formula is C20H23BrN2O3. The van der Waals surface area contributed by atoms with Crippen LogP contribution in [0.3, 0.4) is 0 Å². The highest BCUT2D eigenvalue weighted by molar-refractivity contribution is 9.10. The van der Waals surface area contributed by atoms with Crippen LogP contribution < -0.4 is 15.4 Å². The largest absolute Gasteiger partial charge is 0.483 e. The van der Waals surface area contributed by atoms with Crippen LogP contribution in [0.4, 0.5) is 11.4 Å². The molecule has 0 aliphatic carbocycles. The van der Waals surface area contributed by atoms with Gasteiger partial charge >= 0.3 is 0 Å². The molecule has 0 aliphatic rings. The molecule has 0 aliphatic heterocycles. The minimum atomic E-state index is -0.255. The summed E-state index contributed by atoms with van der Waals surface area (Å²) in [5.41, 5.74) is 2.45. The number of ether oxygens (including phenoxy) is 1. The van der Waals surface area contributed by atoms with Gasteiger partial charge in [-0.25, -0.2) is 0 Å². The second-order valence-electron chi connectivity index (χ2n) is 6.49. The van der Waals surface area contributed by atoms with Gasteiger partial charge in [-0.15, -0.1) is 0 Å². The molecule has 0 saturated heterocycles. The predicted octanol–water partition coefficient (Wildman–Crippen LogP) is 4.76. The quantitative estimate of drug-likeness (QED) is 0.680. The molecule has 2 N–H and O–H groups in total. The lowest BCUT2D eigenvalue weighted by molar-refractivity contribution is -0.118. The third kappa shape index (κ3) is 6.52. The van der Waals surface area contributed by atoms with Gasteiger partial charge in [0, 0.05) is 17.8 Å². The molecule has 0 bridgehead atoms. The molecule has 2 aromatic rings. The molecule has 0 atom stereocenters. The summed E-state index contributed by atoms with van der Waals surface area (Å²) in [6, 6.07) is 12.7. The topological polar surface area (TPSA) is 67.4 Å². The first-order chi connectivity index (χ1) is 12.3.